The summed E-state index contributed by atoms with van der Waals surface area (Å²) >= 11 is 0. The van der Waals surface area contributed by atoms with E-state index in [2.05, 4.69) is 25.2 Å². The Balaban J connectivity index is 0.806. The van der Waals surface area contributed by atoms with Gasteiger partial charge in [-0.2, -0.15) is 0 Å². The second-order valence-corrected chi connectivity index (χ2v) is 34.6. The van der Waals surface area contributed by atoms with E-state index in [-0.39, 0.29) is 38.2 Å². The van der Waals surface area contributed by atoms with Gasteiger partial charge in [-0.3, -0.25) is 14.4 Å². The minimum Gasteiger partial charge on any atom is -0.481 e. The van der Waals surface area contributed by atoms with Crippen molar-refractivity contribution in [3.63, 3.8) is 0 Å². The molecule has 7 aliphatic heterocycles. The van der Waals surface area contributed by atoms with Crippen molar-refractivity contribution in [3.8, 4) is 0 Å². The summed E-state index contributed by atoms with van der Waals surface area (Å²) in [6.45, 7) is 11.6. The van der Waals surface area contributed by atoms with E-state index in [0.717, 1.165) is 11.9 Å². The molecule has 39 nitrogen and oxygen atoms in total. The lowest BCUT2D eigenvalue weighted by Crippen LogP contribution is -2.70. The number of esters is 1. The highest BCUT2D eigenvalue weighted by atomic mass is 16.8. The van der Waals surface area contributed by atoms with E-state index in [4.69, 9.17) is 66.3 Å². The van der Waals surface area contributed by atoms with Crippen LogP contribution in [-0.4, -0.2) is 362 Å². The van der Waals surface area contributed by atoms with Gasteiger partial charge in [-0.1, -0.05) is 60.1 Å². The first-order chi connectivity index (χ1) is 52.5. The van der Waals surface area contributed by atoms with Gasteiger partial charge in [-0.25, -0.2) is 4.79 Å². The molecule has 12 rings (SSSR count). The number of carbonyl (C=O) groups is 5. The van der Waals surface area contributed by atoms with Crippen LogP contribution in [0.25, 0.3) is 0 Å². The number of aliphatic carboxylic acids is 2. The van der Waals surface area contributed by atoms with E-state index in [1.165, 1.54) is 6.92 Å². The maximum absolute atomic E-state index is 16.0. The third-order valence-electron chi connectivity index (χ3n) is 27.6. The number of carboxylic acids is 2. The fourth-order valence-corrected chi connectivity index (χ4v) is 20.8. The van der Waals surface area contributed by atoms with E-state index in [1.807, 2.05) is 20.8 Å². The summed E-state index contributed by atoms with van der Waals surface area (Å²) in [7, 11) is 0. The van der Waals surface area contributed by atoms with Crippen LogP contribution in [0.15, 0.2) is 11.6 Å². The number of ether oxygens (including phenoxy) is 14. The lowest BCUT2D eigenvalue weighted by atomic mass is 9.33. The number of hydrogen-bond donors (Lipinski definition) is 20. The van der Waals surface area contributed by atoms with Crippen molar-refractivity contribution >= 4 is 30.1 Å². The summed E-state index contributed by atoms with van der Waals surface area (Å²) in [5, 5.41) is 213. The molecule has 4 saturated carbocycles. The highest BCUT2D eigenvalue weighted by molar-refractivity contribution is 5.93. The highest BCUT2D eigenvalue weighted by Gasteiger charge is 2.73. The fraction of sp³-hybridized carbons (Fsp3) is 0.904. The molecule has 20 N–H and O–H groups in total. The minimum absolute atomic E-state index is 0.0241. The van der Waals surface area contributed by atoms with Crippen molar-refractivity contribution in [1.82, 2.24) is 5.32 Å². The van der Waals surface area contributed by atoms with Crippen LogP contribution in [0.3, 0.4) is 0 Å². The van der Waals surface area contributed by atoms with Crippen molar-refractivity contribution in [2.24, 2.45) is 50.2 Å². The van der Waals surface area contributed by atoms with Gasteiger partial charge in [0, 0.05) is 0 Å². The average molecular weight is 1610 g/mol. The molecule has 41 atom stereocenters. The molecule has 11 fully saturated rings. The quantitative estimate of drug-likeness (QED) is 0.0158. The molecule has 0 bridgehead atoms. The van der Waals surface area contributed by atoms with Crippen LogP contribution in [0.1, 0.15) is 126 Å². The first-order valence-corrected chi connectivity index (χ1v) is 38.5. The number of carboxylic acid groups (broad SMARTS) is 2. The maximum Gasteiger partial charge on any atom is 0.335 e. The summed E-state index contributed by atoms with van der Waals surface area (Å²) in [5.74, 6) is -7.14. The number of aldehydes is 1. The Bertz CT molecular complexity index is 3380. The maximum atomic E-state index is 16.0. The molecule has 112 heavy (non-hydrogen) atoms. The number of amides is 1. The molecule has 12 aliphatic rings. The standard InChI is InChI=1S/C73H113NO38/c1-9-72(98)26-101-65(57(72)94)107-52-31(79)24-100-60(50(52)93)106-51-27(2)102-61(48(91)45(51)88)110-55-43(86)40(74-38(81)18-39(82)83)32(21-75)103-63(55)112-66(97)73-17-16-67(3,4)19-29(73)28-10-11-35-68(5)14-13-37(69(6,25-77)34(68)12-15-70(35,7)71(28,8)20-36(73)80)105-64-56(111-62-47(90)44(87)42(85)33(22-76)104-62)53(49(92)54(109-64)58(95)96)108-59-46(89)41(84)30(78)23-99-59/h10,25,27,29-37,40-57,59-65,75-76,78-80,84-94,98H,9,11-24,26H2,1-8H3,(H,74,81)(H,82,83)(H,95,96)/t27?,29?,30-,31-,32-,33?,34-,35?,36?,37+,40+,41+,42+,43?,44+,45?,46?,47?,48?,49+,50?,51+,52?,53+,54?,55?,56?,57?,59+,60+,61+,62+,63+,64-,65+,68?,69-,70+,71-,72+,73-/m1/s1. The van der Waals surface area contributed by atoms with Crippen molar-refractivity contribution in [2.75, 3.05) is 33.0 Å². The normalized spacial score (nSPS) is 52.2. The number of carbonyl (C=O) groups excluding carboxylic acids is 3. The van der Waals surface area contributed by atoms with E-state index in [0.29, 0.717) is 38.5 Å². The van der Waals surface area contributed by atoms with Crippen molar-refractivity contribution in [3.05, 3.63) is 11.6 Å². The zero-order valence-corrected chi connectivity index (χ0v) is 63.4. The van der Waals surface area contributed by atoms with Gasteiger partial charge in [-0.15, -0.1) is 0 Å². The summed E-state index contributed by atoms with van der Waals surface area (Å²) in [4.78, 5) is 68.3. The van der Waals surface area contributed by atoms with Gasteiger partial charge in [0.15, 0.2) is 49.9 Å². The van der Waals surface area contributed by atoms with E-state index in [9.17, 15) is 116 Å². The summed E-state index contributed by atoms with van der Waals surface area (Å²) in [5.41, 5.74) is -7.06. The van der Waals surface area contributed by atoms with Crippen LogP contribution in [0.4, 0.5) is 0 Å². The second kappa shape index (κ2) is 33.0. The summed E-state index contributed by atoms with van der Waals surface area (Å²) < 4.78 is 84.1. The van der Waals surface area contributed by atoms with Crippen molar-refractivity contribution in [2.45, 2.75) is 328 Å². The Morgan fingerprint density at radius 1 is 0.571 bits per heavy atom. The number of rotatable bonds is 22. The summed E-state index contributed by atoms with van der Waals surface area (Å²) in [6.07, 6.45) is -53.0. The molecular formula is C73H113NO38. The SMILES string of the molecule is CC[C@]1(O)CO[C@@H](OC2C(O)[C@H](O[C@H]3C(C)O[C@@H](OC4C(O)[C@@H](NC(=O)CC(=O)O)[C@@H](CO)O[C@H]4OC(=O)[C@]45CCC(C)(C)CC4C4=CCC6C7(C)CC[C@H](O[C@@H]8OC(C(=O)O)[C@@H](O)[C@H](O[C@@H]9OC[C@@H](O)[C@H](O)C9O)C8O[C@@H]8OC(CO)[C@H](O)[C@H](O)C8O)[C@](C)(C=O)[C@@H]7CC[C@]6(C)[C@]4(C)CC5O)C(O)C3O)OC[C@H]2O)C1O. The van der Waals surface area contributed by atoms with Gasteiger partial charge < -0.3 is 173 Å². The second-order valence-electron chi connectivity index (χ2n) is 34.6. The monoisotopic (exact) mass is 1610 g/mol. The van der Waals surface area contributed by atoms with Crippen LogP contribution >= 0.6 is 0 Å². The number of aliphatic hydroxyl groups excluding tert-OH is 16. The molecule has 0 radical (unpaired) electrons. The van der Waals surface area contributed by atoms with Crippen LogP contribution in [0.2, 0.25) is 0 Å². The number of aliphatic hydroxyl groups is 17. The van der Waals surface area contributed by atoms with E-state index in [1.54, 1.807) is 13.8 Å². The Morgan fingerprint density at radius 2 is 1.18 bits per heavy atom. The predicted molar refractivity (Wildman–Crippen MR) is 365 cm³/mol. The molecule has 0 aromatic carbocycles. The first kappa shape index (κ1) is 87.4. The van der Waals surface area contributed by atoms with Crippen LogP contribution < -0.4 is 5.32 Å². The zero-order valence-electron chi connectivity index (χ0n) is 63.4. The molecule has 7 heterocycles. The van der Waals surface area contributed by atoms with Crippen LogP contribution in [0, 0.1) is 50.2 Å². The highest BCUT2D eigenvalue weighted by Crippen LogP contribution is 2.76. The van der Waals surface area contributed by atoms with Gasteiger partial charge in [0.1, 0.15) is 140 Å². The Morgan fingerprint density at radius 3 is 1.82 bits per heavy atom. The summed E-state index contributed by atoms with van der Waals surface area (Å²) in [6, 6.07) is -1.72. The Kier molecular flexibility index (Phi) is 25.8. The fourth-order valence-electron chi connectivity index (χ4n) is 20.8. The first-order valence-electron chi connectivity index (χ1n) is 38.5. The molecule has 17 unspecified atom stereocenters. The third-order valence-corrected chi connectivity index (χ3v) is 27.6. The molecule has 39 heteroatoms. The molecular weight excluding hydrogens is 1500 g/mol. The molecule has 638 valence electrons. The third kappa shape index (κ3) is 15.3. The molecule has 0 spiro atoms. The Labute approximate surface area is 643 Å². The number of allylic oxidation sites excluding steroid dienone is 2. The van der Waals surface area contributed by atoms with Gasteiger partial charge in [0.25, 0.3) is 0 Å². The van der Waals surface area contributed by atoms with Gasteiger partial charge in [0.05, 0.1) is 62.8 Å². The van der Waals surface area contributed by atoms with Gasteiger partial charge in [-0.05, 0) is 111 Å². The lowest BCUT2D eigenvalue weighted by molar-refractivity contribution is -0.391. The van der Waals surface area contributed by atoms with Crippen molar-refractivity contribution in [1.29, 1.82) is 0 Å². The van der Waals surface area contributed by atoms with Crippen molar-refractivity contribution < 1.29 is 187 Å². The predicted octanol–water partition coefficient (Wildman–Crippen LogP) is -6.36. The molecule has 5 aliphatic carbocycles. The minimum atomic E-state index is -2.25. The van der Waals surface area contributed by atoms with Gasteiger partial charge >= 0.3 is 17.9 Å². The van der Waals surface area contributed by atoms with E-state index < -0.39 is 303 Å². The largest absolute Gasteiger partial charge is 0.481 e. The smallest absolute Gasteiger partial charge is 0.335 e. The number of hydrogen-bond acceptors (Lipinski definition) is 36. The average Bonchev–Trinajstić information content (AvgIpc) is 0.683. The zero-order chi connectivity index (χ0) is 81.9. The lowest BCUT2D eigenvalue weighted by Gasteiger charge is -2.71. The van der Waals surface area contributed by atoms with Crippen LogP contribution in [-0.2, 0) is 90.3 Å². The topological polar surface area (TPSA) is 611 Å². The Hall–Kier alpha value is -3.91. The molecule has 0 aromatic rings. The van der Waals surface area contributed by atoms with E-state index >= 15 is 4.79 Å². The molecule has 7 saturated heterocycles. The number of fused-ring (bicyclic) bond motifs is 7. The molecule has 0 aromatic heterocycles. The number of nitrogens with one attached hydrogen (secondary N) is 1. The van der Waals surface area contributed by atoms with Gasteiger partial charge in [0.2, 0.25) is 12.2 Å². The van der Waals surface area contributed by atoms with Crippen LogP contribution in [0.5, 0.6) is 0 Å². The molecule has 1 amide bonds.